The van der Waals surface area contributed by atoms with E-state index in [0.717, 1.165) is 34.6 Å². The maximum absolute atomic E-state index is 13.0. The molecule has 7 heteroatoms. The van der Waals surface area contributed by atoms with E-state index in [1.165, 1.54) is 12.8 Å². The van der Waals surface area contributed by atoms with Gasteiger partial charge < -0.3 is 9.88 Å². The summed E-state index contributed by atoms with van der Waals surface area (Å²) in [6.07, 6.45) is 2.40. The lowest BCUT2D eigenvalue weighted by atomic mass is 10.2. The van der Waals surface area contributed by atoms with Crippen molar-refractivity contribution in [1.82, 2.24) is 24.5 Å². The van der Waals surface area contributed by atoms with Crippen molar-refractivity contribution in [2.45, 2.75) is 26.3 Å². The quantitative estimate of drug-likeness (QED) is 0.560. The number of hydrogen-bond acceptors (Lipinski definition) is 3. The first-order valence-electron chi connectivity index (χ1n) is 9.47. The lowest BCUT2D eigenvalue weighted by Gasteiger charge is -2.11. The van der Waals surface area contributed by atoms with E-state index >= 15 is 0 Å². The summed E-state index contributed by atoms with van der Waals surface area (Å²) in [6.45, 7) is 3.21. The van der Waals surface area contributed by atoms with Crippen LogP contribution >= 0.6 is 11.6 Å². The number of halogens is 1. The van der Waals surface area contributed by atoms with Crippen molar-refractivity contribution in [2.24, 2.45) is 5.92 Å². The standard InChI is InChI=1S/C21H20ClN5O/c1-13-24-25-20-8-7-17-18(27(13)20)10-19(21(28)23-11-14-5-6-14)26(17)12-15-3-2-4-16(22)9-15/h2-4,7-10,14H,5-6,11-12H2,1H3,(H,23,28). The van der Waals surface area contributed by atoms with Gasteiger partial charge in [-0.3, -0.25) is 9.20 Å². The Kier molecular flexibility index (Phi) is 4.09. The molecule has 1 saturated carbocycles. The van der Waals surface area contributed by atoms with Gasteiger partial charge in [-0.25, -0.2) is 0 Å². The fourth-order valence-electron chi connectivity index (χ4n) is 3.67. The molecule has 3 heterocycles. The SMILES string of the molecule is Cc1nnc2ccc3c(cc(C(=O)NCC4CC4)n3Cc3cccc(Cl)c3)n12. The third-order valence-corrected chi connectivity index (χ3v) is 5.54. The maximum Gasteiger partial charge on any atom is 0.268 e. The summed E-state index contributed by atoms with van der Waals surface area (Å²) in [5, 5.41) is 12.2. The number of pyridine rings is 1. The van der Waals surface area contributed by atoms with Crippen LogP contribution in [0.1, 0.15) is 34.7 Å². The molecule has 1 fully saturated rings. The number of fused-ring (bicyclic) bond motifs is 3. The molecule has 28 heavy (non-hydrogen) atoms. The molecule has 0 bridgehead atoms. The van der Waals surface area contributed by atoms with Gasteiger partial charge in [0.25, 0.3) is 5.91 Å². The highest BCUT2D eigenvalue weighted by atomic mass is 35.5. The van der Waals surface area contributed by atoms with Crippen LogP contribution in [0.5, 0.6) is 0 Å². The molecule has 5 rings (SSSR count). The summed E-state index contributed by atoms with van der Waals surface area (Å²) in [5.41, 5.74) is 4.35. The summed E-state index contributed by atoms with van der Waals surface area (Å²) >= 11 is 6.17. The second-order valence-electron chi connectivity index (χ2n) is 7.44. The number of nitrogens with one attached hydrogen (secondary N) is 1. The monoisotopic (exact) mass is 393 g/mol. The van der Waals surface area contributed by atoms with Gasteiger partial charge in [0.15, 0.2) is 5.65 Å². The number of benzene rings is 1. The molecule has 4 aromatic rings. The zero-order valence-corrected chi connectivity index (χ0v) is 16.3. The maximum atomic E-state index is 13.0. The first-order valence-corrected chi connectivity index (χ1v) is 9.84. The minimum atomic E-state index is -0.0518. The van der Waals surface area contributed by atoms with Crippen LogP contribution in [0.2, 0.25) is 5.02 Å². The number of amides is 1. The summed E-state index contributed by atoms with van der Waals surface area (Å²) in [4.78, 5) is 13.0. The highest BCUT2D eigenvalue weighted by Gasteiger charge is 2.24. The molecule has 0 saturated heterocycles. The predicted octanol–water partition coefficient (Wildman–Crippen LogP) is 3.83. The smallest absolute Gasteiger partial charge is 0.268 e. The first kappa shape index (κ1) is 17.3. The molecule has 3 aromatic heterocycles. The van der Waals surface area contributed by atoms with Gasteiger partial charge in [-0.05, 0) is 61.6 Å². The number of carbonyl (C=O) groups is 1. The van der Waals surface area contributed by atoms with Gasteiger partial charge >= 0.3 is 0 Å². The number of aromatic nitrogens is 4. The van der Waals surface area contributed by atoms with Crippen molar-refractivity contribution in [1.29, 1.82) is 0 Å². The fraction of sp³-hybridized carbons (Fsp3) is 0.286. The number of aryl methyl sites for hydroxylation is 1. The molecule has 1 aliphatic carbocycles. The van der Waals surface area contributed by atoms with Crippen LogP contribution in [-0.2, 0) is 6.54 Å². The number of hydrogen-bond donors (Lipinski definition) is 1. The zero-order chi connectivity index (χ0) is 19.3. The van der Waals surface area contributed by atoms with Crippen molar-refractivity contribution in [3.8, 4) is 0 Å². The average molecular weight is 394 g/mol. The van der Waals surface area contributed by atoms with E-state index in [-0.39, 0.29) is 5.91 Å². The lowest BCUT2D eigenvalue weighted by molar-refractivity contribution is 0.0943. The van der Waals surface area contributed by atoms with Gasteiger partial charge in [-0.15, -0.1) is 10.2 Å². The van der Waals surface area contributed by atoms with E-state index in [9.17, 15) is 4.79 Å². The van der Waals surface area contributed by atoms with E-state index in [2.05, 4.69) is 15.5 Å². The van der Waals surface area contributed by atoms with Crippen LogP contribution in [0.4, 0.5) is 0 Å². The summed E-state index contributed by atoms with van der Waals surface area (Å²) < 4.78 is 4.03. The molecule has 1 amide bonds. The minimum absolute atomic E-state index is 0.0518. The summed E-state index contributed by atoms with van der Waals surface area (Å²) in [6, 6.07) is 13.6. The predicted molar refractivity (Wildman–Crippen MR) is 109 cm³/mol. The van der Waals surface area contributed by atoms with Crippen molar-refractivity contribution in [3.05, 3.63) is 64.6 Å². The normalized spacial score (nSPS) is 14.1. The Morgan fingerprint density at radius 1 is 1.18 bits per heavy atom. The second-order valence-corrected chi connectivity index (χ2v) is 7.88. The first-order chi connectivity index (χ1) is 13.6. The van der Waals surface area contributed by atoms with Crippen molar-refractivity contribution in [3.63, 3.8) is 0 Å². The average Bonchev–Trinajstić information content (AvgIpc) is 3.34. The van der Waals surface area contributed by atoms with Crippen molar-refractivity contribution in [2.75, 3.05) is 6.54 Å². The number of rotatable bonds is 5. The molecule has 0 unspecified atom stereocenters. The van der Waals surface area contributed by atoms with E-state index in [4.69, 9.17) is 11.6 Å². The number of carbonyl (C=O) groups excluding carboxylic acids is 1. The van der Waals surface area contributed by atoms with Crippen LogP contribution in [0.25, 0.3) is 16.7 Å². The van der Waals surface area contributed by atoms with Gasteiger partial charge in [-0.2, -0.15) is 0 Å². The molecule has 0 atom stereocenters. The Hall–Kier alpha value is -2.86. The van der Waals surface area contributed by atoms with Gasteiger partial charge in [0.05, 0.1) is 11.0 Å². The Labute approximate surface area is 167 Å². The Morgan fingerprint density at radius 3 is 2.82 bits per heavy atom. The molecule has 1 aliphatic rings. The van der Waals surface area contributed by atoms with E-state index in [1.807, 2.05) is 58.4 Å². The topological polar surface area (TPSA) is 64.2 Å². The molecule has 0 spiro atoms. The Morgan fingerprint density at radius 2 is 2.04 bits per heavy atom. The molecular weight excluding hydrogens is 374 g/mol. The highest BCUT2D eigenvalue weighted by molar-refractivity contribution is 6.30. The lowest BCUT2D eigenvalue weighted by Crippen LogP contribution is -2.27. The van der Waals surface area contributed by atoms with Crippen LogP contribution in [-0.4, -0.2) is 31.6 Å². The Bertz CT molecular complexity index is 1200. The van der Waals surface area contributed by atoms with Crippen LogP contribution in [0.15, 0.2) is 42.5 Å². The fourth-order valence-corrected chi connectivity index (χ4v) is 3.88. The molecule has 0 radical (unpaired) electrons. The van der Waals surface area contributed by atoms with Crippen LogP contribution in [0.3, 0.4) is 0 Å². The van der Waals surface area contributed by atoms with Gasteiger partial charge in [0.1, 0.15) is 11.5 Å². The minimum Gasteiger partial charge on any atom is -0.350 e. The summed E-state index contributed by atoms with van der Waals surface area (Å²) in [7, 11) is 0. The van der Waals surface area contributed by atoms with E-state index < -0.39 is 0 Å². The highest BCUT2D eigenvalue weighted by Crippen LogP contribution is 2.28. The Balaban J connectivity index is 1.65. The van der Waals surface area contributed by atoms with Gasteiger partial charge in [0, 0.05) is 18.1 Å². The second kappa shape index (κ2) is 6.63. The third-order valence-electron chi connectivity index (χ3n) is 5.31. The van der Waals surface area contributed by atoms with E-state index in [1.54, 1.807) is 0 Å². The molecule has 6 nitrogen and oxygen atoms in total. The number of nitrogens with zero attached hydrogens (tertiary/aromatic N) is 4. The zero-order valence-electron chi connectivity index (χ0n) is 15.5. The largest absolute Gasteiger partial charge is 0.350 e. The van der Waals surface area contributed by atoms with E-state index in [0.29, 0.717) is 23.2 Å². The van der Waals surface area contributed by atoms with Crippen molar-refractivity contribution >= 4 is 34.2 Å². The van der Waals surface area contributed by atoms with Crippen LogP contribution < -0.4 is 5.32 Å². The van der Waals surface area contributed by atoms with Gasteiger partial charge in [0.2, 0.25) is 0 Å². The molecule has 142 valence electrons. The van der Waals surface area contributed by atoms with Gasteiger partial charge in [-0.1, -0.05) is 23.7 Å². The molecule has 0 aliphatic heterocycles. The molecule has 1 N–H and O–H groups in total. The molecule has 1 aromatic carbocycles. The summed E-state index contributed by atoms with van der Waals surface area (Å²) in [5.74, 6) is 1.37. The van der Waals surface area contributed by atoms with Crippen LogP contribution in [0, 0.1) is 12.8 Å². The molecular formula is C21H20ClN5O. The van der Waals surface area contributed by atoms with Crippen molar-refractivity contribution < 1.29 is 4.79 Å². The third kappa shape index (κ3) is 3.03.